The summed E-state index contributed by atoms with van der Waals surface area (Å²) in [7, 11) is 0. The highest BCUT2D eigenvalue weighted by molar-refractivity contribution is 6.31. The van der Waals surface area contributed by atoms with Gasteiger partial charge in [0.2, 0.25) is 0 Å². The van der Waals surface area contributed by atoms with Crippen LogP contribution < -0.4 is 5.32 Å². The third-order valence-electron chi connectivity index (χ3n) is 2.34. The van der Waals surface area contributed by atoms with Gasteiger partial charge in [-0.15, -0.1) is 0 Å². The first-order chi connectivity index (χ1) is 8.56. The number of carboxylic acids is 1. The molecule has 0 bridgehead atoms. The van der Waals surface area contributed by atoms with Gasteiger partial charge < -0.3 is 10.4 Å². The number of nitrogens with one attached hydrogen (secondary N) is 1. The Bertz CT molecular complexity index is 584. The average molecular weight is 266 g/mol. The second kappa shape index (κ2) is 5.06. The van der Waals surface area contributed by atoms with E-state index < -0.39 is 5.97 Å². The molecule has 2 aromatic rings. The van der Waals surface area contributed by atoms with Gasteiger partial charge in [-0.2, -0.15) is 0 Å². The Morgan fingerprint density at radius 2 is 1.83 bits per heavy atom. The normalized spacial score (nSPS) is 10.1. The predicted octanol–water partition coefficient (Wildman–Crippen LogP) is 3.92. The van der Waals surface area contributed by atoms with E-state index in [2.05, 4.69) is 5.32 Å². The van der Waals surface area contributed by atoms with Crippen LogP contribution in [0.5, 0.6) is 0 Å². The van der Waals surface area contributed by atoms with Gasteiger partial charge in [-0.3, -0.25) is 0 Å². The van der Waals surface area contributed by atoms with Crippen molar-refractivity contribution in [1.82, 2.24) is 0 Å². The first-order valence-electron chi connectivity index (χ1n) is 5.12. The summed E-state index contributed by atoms with van der Waals surface area (Å²) in [4.78, 5) is 11.1. The van der Waals surface area contributed by atoms with Gasteiger partial charge in [-0.05, 0) is 42.5 Å². The van der Waals surface area contributed by atoms with Gasteiger partial charge >= 0.3 is 5.97 Å². The topological polar surface area (TPSA) is 49.3 Å². The number of carbonyl (C=O) groups is 1. The summed E-state index contributed by atoms with van der Waals surface area (Å²) in [6.07, 6.45) is 0. The minimum absolute atomic E-state index is 0.0619. The Kier molecular flexibility index (Phi) is 3.48. The van der Waals surface area contributed by atoms with Gasteiger partial charge in [0.05, 0.1) is 11.3 Å². The zero-order valence-corrected chi connectivity index (χ0v) is 9.91. The highest BCUT2D eigenvalue weighted by Crippen LogP contribution is 2.24. The van der Waals surface area contributed by atoms with Crippen molar-refractivity contribution in [2.75, 3.05) is 5.32 Å². The first-order valence-corrected chi connectivity index (χ1v) is 5.49. The van der Waals surface area contributed by atoms with Crippen molar-refractivity contribution >= 4 is 28.9 Å². The SMILES string of the molecule is O=C(O)c1cc(Cl)ccc1Nc1ccc(F)cc1. The number of benzene rings is 2. The smallest absolute Gasteiger partial charge is 0.337 e. The monoisotopic (exact) mass is 265 g/mol. The maximum atomic E-state index is 12.7. The van der Waals surface area contributed by atoms with Crippen molar-refractivity contribution in [3.8, 4) is 0 Å². The number of aromatic carboxylic acids is 1. The van der Waals surface area contributed by atoms with E-state index in [0.717, 1.165) is 0 Å². The maximum Gasteiger partial charge on any atom is 0.337 e. The quantitative estimate of drug-likeness (QED) is 0.884. The molecular weight excluding hydrogens is 257 g/mol. The second-order valence-electron chi connectivity index (χ2n) is 3.63. The molecule has 5 heteroatoms. The molecule has 0 heterocycles. The number of halogens is 2. The van der Waals surface area contributed by atoms with Gasteiger partial charge in [0, 0.05) is 10.7 Å². The van der Waals surface area contributed by atoms with Crippen LogP contribution in [0.2, 0.25) is 5.02 Å². The molecule has 0 aromatic heterocycles. The van der Waals surface area contributed by atoms with E-state index in [-0.39, 0.29) is 11.4 Å². The van der Waals surface area contributed by atoms with E-state index in [9.17, 15) is 9.18 Å². The number of hydrogen-bond acceptors (Lipinski definition) is 2. The largest absolute Gasteiger partial charge is 0.478 e. The molecule has 0 unspecified atom stereocenters. The van der Waals surface area contributed by atoms with E-state index >= 15 is 0 Å². The lowest BCUT2D eigenvalue weighted by Crippen LogP contribution is -2.02. The highest BCUT2D eigenvalue weighted by atomic mass is 35.5. The van der Waals surface area contributed by atoms with E-state index in [1.165, 1.54) is 30.3 Å². The van der Waals surface area contributed by atoms with E-state index in [0.29, 0.717) is 16.4 Å². The minimum atomic E-state index is -1.08. The molecule has 0 aliphatic carbocycles. The molecule has 92 valence electrons. The van der Waals surface area contributed by atoms with Gasteiger partial charge in [-0.1, -0.05) is 11.6 Å². The molecule has 0 amide bonds. The molecular formula is C13H9ClFNO2. The van der Waals surface area contributed by atoms with Crippen molar-refractivity contribution in [2.24, 2.45) is 0 Å². The Hall–Kier alpha value is -2.07. The van der Waals surface area contributed by atoms with Gasteiger partial charge in [0.25, 0.3) is 0 Å². The van der Waals surface area contributed by atoms with Crippen LogP contribution in [0.15, 0.2) is 42.5 Å². The van der Waals surface area contributed by atoms with E-state index in [1.807, 2.05) is 0 Å². The van der Waals surface area contributed by atoms with Crippen LogP contribution >= 0.6 is 11.6 Å². The van der Waals surface area contributed by atoms with Crippen LogP contribution in [-0.4, -0.2) is 11.1 Å². The number of anilines is 2. The number of rotatable bonds is 3. The second-order valence-corrected chi connectivity index (χ2v) is 4.06. The molecule has 2 N–H and O–H groups in total. The van der Waals surface area contributed by atoms with Crippen LogP contribution in [0.3, 0.4) is 0 Å². The Morgan fingerprint density at radius 3 is 2.44 bits per heavy atom. The summed E-state index contributed by atoms with van der Waals surface area (Å²) in [6, 6.07) is 10.1. The van der Waals surface area contributed by atoms with Crippen LogP contribution in [0.25, 0.3) is 0 Å². The molecule has 0 aliphatic rings. The van der Waals surface area contributed by atoms with Gasteiger partial charge in [0.15, 0.2) is 0 Å². The predicted molar refractivity (Wildman–Crippen MR) is 68.1 cm³/mol. The number of hydrogen-bond donors (Lipinski definition) is 2. The summed E-state index contributed by atoms with van der Waals surface area (Å²) in [5, 5.41) is 12.3. The summed E-state index contributed by atoms with van der Waals surface area (Å²) >= 11 is 5.74. The first kappa shape index (κ1) is 12.4. The zero-order chi connectivity index (χ0) is 13.1. The molecule has 0 saturated carbocycles. The standard InChI is InChI=1S/C13H9ClFNO2/c14-8-1-6-12(11(7-8)13(17)18)16-10-4-2-9(15)3-5-10/h1-7,16H,(H,17,18). The molecule has 2 aromatic carbocycles. The lowest BCUT2D eigenvalue weighted by atomic mass is 10.1. The van der Waals surface area contributed by atoms with Crippen LogP contribution in [0.1, 0.15) is 10.4 Å². The molecule has 0 fully saturated rings. The summed E-state index contributed by atoms with van der Waals surface area (Å²) in [5.41, 5.74) is 1.06. The lowest BCUT2D eigenvalue weighted by molar-refractivity contribution is 0.0698. The molecule has 0 saturated heterocycles. The third-order valence-corrected chi connectivity index (χ3v) is 2.57. The van der Waals surface area contributed by atoms with Crippen LogP contribution in [-0.2, 0) is 0 Å². The molecule has 2 rings (SSSR count). The third kappa shape index (κ3) is 2.78. The Balaban J connectivity index is 2.34. The van der Waals surface area contributed by atoms with Crippen molar-refractivity contribution in [3.63, 3.8) is 0 Å². The fraction of sp³-hybridized carbons (Fsp3) is 0. The fourth-order valence-electron chi connectivity index (χ4n) is 1.49. The molecule has 0 spiro atoms. The maximum absolute atomic E-state index is 12.7. The van der Waals surface area contributed by atoms with E-state index in [4.69, 9.17) is 16.7 Å². The van der Waals surface area contributed by atoms with Crippen molar-refractivity contribution in [1.29, 1.82) is 0 Å². The molecule has 0 radical (unpaired) electrons. The highest BCUT2D eigenvalue weighted by Gasteiger charge is 2.10. The van der Waals surface area contributed by atoms with E-state index in [1.54, 1.807) is 12.1 Å². The Morgan fingerprint density at radius 1 is 1.17 bits per heavy atom. The van der Waals surface area contributed by atoms with Crippen molar-refractivity contribution < 1.29 is 14.3 Å². The average Bonchev–Trinajstić information content (AvgIpc) is 2.34. The molecule has 0 atom stereocenters. The molecule has 18 heavy (non-hydrogen) atoms. The van der Waals surface area contributed by atoms with Crippen molar-refractivity contribution in [3.05, 3.63) is 58.9 Å². The number of carboxylic acid groups (broad SMARTS) is 1. The van der Waals surface area contributed by atoms with Crippen LogP contribution in [0.4, 0.5) is 15.8 Å². The fourth-order valence-corrected chi connectivity index (χ4v) is 1.66. The summed E-state index contributed by atoms with van der Waals surface area (Å²) in [6.45, 7) is 0. The molecule has 0 aliphatic heterocycles. The van der Waals surface area contributed by atoms with Crippen molar-refractivity contribution in [2.45, 2.75) is 0 Å². The van der Waals surface area contributed by atoms with Gasteiger partial charge in [0.1, 0.15) is 5.82 Å². The zero-order valence-electron chi connectivity index (χ0n) is 9.15. The lowest BCUT2D eigenvalue weighted by Gasteiger charge is -2.09. The molecule has 3 nitrogen and oxygen atoms in total. The Labute approximate surface area is 108 Å². The van der Waals surface area contributed by atoms with Crippen LogP contribution in [0, 0.1) is 5.82 Å². The van der Waals surface area contributed by atoms with Gasteiger partial charge in [-0.25, -0.2) is 9.18 Å². The summed E-state index contributed by atoms with van der Waals surface area (Å²) in [5.74, 6) is -1.43. The minimum Gasteiger partial charge on any atom is -0.478 e. The summed E-state index contributed by atoms with van der Waals surface area (Å²) < 4.78 is 12.7.